The highest BCUT2D eigenvalue weighted by Crippen LogP contribution is 2.35. The minimum Gasteiger partial charge on any atom is -0.478 e. The van der Waals surface area contributed by atoms with E-state index in [-0.39, 0.29) is 41.3 Å². The summed E-state index contributed by atoms with van der Waals surface area (Å²) in [4.78, 5) is 40.5. The SMILES string of the molecule is Cc1ccc(OOSOc2ccc(C(=O)O)c(C(=O)Nc3ccc(Oc4ccc(C(C)(C)c5ccc(Oc6ccc(NOCc7cc(OS(=O)Oc8ccccc8)ccc7COO)cc6)cc5)cc4)cc3)c2)cc1. The lowest BCUT2D eigenvalue weighted by molar-refractivity contribution is -0.253. The molecular formula is C56H48N2O14S2. The van der Waals surface area contributed by atoms with Crippen molar-refractivity contribution in [1.29, 1.82) is 0 Å². The normalized spacial score (nSPS) is 11.5. The fraction of sp³-hybridized carbons (Fsp3) is 0.107. The molecule has 0 aliphatic carbocycles. The first-order valence-corrected chi connectivity index (χ1v) is 24.3. The molecule has 8 aromatic carbocycles. The number of carboxylic acid groups (broad SMARTS) is 1. The Hall–Kier alpha value is -8.36. The van der Waals surface area contributed by atoms with Crippen molar-refractivity contribution in [2.24, 2.45) is 0 Å². The predicted octanol–water partition coefficient (Wildman–Crippen LogP) is 13.4. The third-order valence-electron chi connectivity index (χ3n) is 11.3. The van der Waals surface area contributed by atoms with Gasteiger partial charge in [-0.25, -0.2) is 9.68 Å². The molecule has 378 valence electrons. The third-order valence-corrected chi connectivity index (χ3v) is 12.3. The standard InChI is InChI=1S/C56H48N2O14S2/c1-37-9-20-48(21-10-37)68-72-73-69-50-31-32-52(55(60)61)53(34-50)54(59)57-42-16-27-46(28-17-42)66-44-23-12-40(13-24-44)56(2,3)41-14-25-45(26-15-41)67-47-29-18-43(19-30-47)58-64-35-39-33-51(22-11-38(39)36-65-62)71-74(63)70-49-7-5-4-6-8-49/h4-34,58,62H,35-36H2,1-3H3,(H,57,59)(H,60,61). The minimum atomic E-state index is -2.10. The van der Waals surface area contributed by atoms with Gasteiger partial charge >= 0.3 is 17.3 Å². The molecule has 0 saturated heterocycles. The molecule has 0 heterocycles. The highest BCUT2D eigenvalue weighted by Gasteiger charge is 2.24. The Bertz CT molecular complexity index is 3160. The van der Waals surface area contributed by atoms with Gasteiger partial charge in [0.2, 0.25) is 0 Å². The van der Waals surface area contributed by atoms with Crippen LogP contribution < -0.4 is 37.7 Å². The zero-order valence-corrected chi connectivity index (χ0v) is 41.6. The maximum Gasteiger partial charge on any atom is 0.417 e. The second kappa shape index (κ2) is 24.9. The van der Waals surface area contributed by atoms with E-state index in [0.717, 1.165) is 16.7 Å². The number of rotatable bonds is 24. The summed E-state index contributed by atoms with van der Waals surface area (Å²) < 4.78 is 46.0. The van der Waals surface area contributed by atoms with Crippen LogP contribution in [0.1, 0.15) is 62.4 Å². The number of ether oxygens (including phenoxy) is 2. The van der Waals surface area contributed by atoms with E-state index in [1.54, 1.807) is 103 Å². The summed E-state index contributed by atoms with van der Waals surface area (Å²) in [5, 5.41) is 21.6. The Balaban J connectivity index is 0.796. The maximum absolute atomic E-state index is 13.3. The van der Waals surface area contributed by atoms with Crippen LogP contribution in [0.4, 0.5) is 11.4 Å². The first-order chi connectivity index (χ1) is 35.9. The summed E-state index contributed by atoms with van der Waals surface area (Å²) in [5.41, 5.74) is 7.72. The first kappa shape index (κ1) is 52.0. The second-order valence-corrected chi connectivity index (χ2v) is 18.0. The summed E-state index contributed by atoms with van der Waals surface area (Å²) in [5.74, 6) is 1.77. The molecule has 1 amide bonds. The van der Waals surface area contributed by atoms with Crippen LogP contribution in [0.5, 0.6) is 46.0 Å². The van der Waals surface area contributed by atoms with E-state index in [1.165, 1.54) is 18.2 Å². The molecule has 8 rings (SSSR count). The number of hydrogen-bond acceptors (Lipinski definition) is 15. The highest BCUT2D eigenvalue weighted by molar-refractivity contribution is 7.90. The zero-order chi connectivity index (χ0) is 51.9. The molecule has 0 aliphatic heterocycles. The fourth-order valence-electron chi connectivity index (χ4n) is 7.21. The fourth-order valence-corrected chi connectivity index (χ4v) is 8.09. The summed E-state index contributed by atoms with van der Waals surface area (Å²) in [6.45, 7) is 6.17. The summed E-state index contributed by atoms with van der Waals surface area (Å²) >= 11 is -1.58. The van der Waals surface area contributed by atoms with Crippen molar-refractivity contribution in [2.75, 3.05) is 10.8 Å². The molecule has 4 N–H and O–H groups in total. The smallest absolute Gasteiger partial charge is 0.417 e. The molecule has 0 bridgehead atoms. The monoisotopic (exact) mass is 1040 g/mol. The minimum absolute atomic E-state index is 0.0561. The van der Waals surface area contributed by atoms with Crippen LogP contribution in [0.3, 0.4) is 0 Å². The number of carbonyl (C=O) groups excluding carboxylic acids is 1. The highest BCUT2D eigenvalue weighted by atomic mass is 32.2. The zero-order valence-electron chi connectivity index (χ0n) is 39.9. The molecule has 18 heteroatoms. The molecule has 0 saturated carbocycles. The molecule has 0 fully saturated rings. The van der Waals surface area contributed by atoms with Crippen LogP contribution in [0, 0.1) is 6.92 Å². The van der Waals surface area contributed by atoms with Crippen LogP contribution in [-0.2, 0) is 44.0 Å². The number of carbonyl (C=O) groups is 2. The lowest BCUT2D eigenvalue weighted by Crippen LogP contribution is -2.18. The van der Waals surface area contributed by atoms with Crippen LogP contribution in [0.15, 0.2) is 188 Å². The predicted molar refractivity (Wildman–Crippen MR) is 279 cm³/mol. The summed E-state index contributed by atoms with van der Waals surface area (Å²) in [6.07, 6.45) is 0. The average molecular weight is 1040 g/mol. The maximum atomic E-state index is 13.3. The van der Waals surface area contributed by atoms with Crippen molar-refractivity contribution in [3.63, 3.8) is 0 Å². The number of carboxylic acids is 1. The van der Waals surface area contributed by atoms with E-state index in [9.17, 15) is 18.9 Å². The number of amides is 1. The van der Waals surface area contributed by atoms with E-state index >= 15 is 0 Å². The molecular weight excluding hydrogens is 989 g/mol. The van der Waals surface area contributed by atoms with Crippen molar-refractivity contribution >= 4 is 46.9 Å². The first-order valence-electron chi connectivity index (χ1n) is 22.7. The van der Waals surface area contributed by atoms with Gasteiger partial charge in [-0.15, -0.1) is 0 Å². The molecule has 1 unspecified atom stereocenters. The quantitative estimate of drug-likeness (QED) is 0.0193. The van der Waals surface area contributed by atoms with E-state index in [2.05, 4.69) is 29.5 Å². The number of nitrogens with one attached hydrogen (secondary N) is 2. The molecule has 0 spiro atoms. The molecule has 0 aliphatic rings. The van der Waals surface area contributed by atoms with Crippen LogP contribution in [0.2, 0.25) is 0 Å². The topological polar surface area (TPSA) is 199 Å². The number of para-hydroxylation sites is 1. The number of benzene rings is 8. The number of hydrogen-bond donors (Lipinski definition) is 4. The Morgan fingerprint density at radius 3 is 1.70 bits per heavy atom. The Morgan fingerprint density at radius 2 is 1.11 bits per heavy atom. The molecule has 8 aromatic rings. The van der Waals surface area contributed by atoms with Crippen molar-refractivity contribution in [2.45, 2.75) is 39.4 Å². The van der Waals surface area contributed by atoms with Crippen LogP contribution in [0.25, 0.3) is 0 Å². The van der Waals surface area contributed by atoms with Gasteiger partial charge in [0.25, 0.3) is 18.2 Å². The van der Waals surface area contributed by atoms with Gasteiger partial charge in [-0.3, -0.25) is 20.4 Å². The van der Waals surface area contributed by atoms with Gasteiger partial charge in [-0.2, -0.15) is 4.21 Å². The summed E-state index contributed by atoms with van der Waals surface area (Å²) in [6, 6.07) is 54.3. The Morgan fingerprint density at radius 1 is 0.568 bits per heavy atom. The average Bonchev–Trinajstić information content (AvgIpc) is 3.40. The third kappa shape index (κ3) is 14.4. The van der Waals surface area contributed by atoms with Crippen molar-refractivity contribution in [3.05, 3.63) is 227 Å². The van der Waals surface area contributed by atoms with Gasteiger partial charge in [0.05, 0.1) is 16.8 Å². The van der Waals surface area contributed by atoms with E-state index in [4.69, 9.17) is 41.3 Å². The number of anilines is 2. The summed E-state index contributed by atoms with van der Waals surface area (Å²) in [7, 11) is 0. The lowest BCUT2D eigenvalue weighted by atomic mass is 9.78. The lowest BCUT2D eigenvalue weighted by Gasteiger charge is -2.26. The molecule has 16 nitrogen and oxygen atoms in total. The van der Waals surface area contributed by atoms with Crippen molar-refractivity contribution in [3.8, 4) is 46.0 Å². The molecule has 0 radical (unpaired) electrons. The van der Waals surface area contributed by atoms with Gasteiger partial charge in [0, 0.05) is 11.1 Å². The van der Waals surface area contributed by atoms with Crippen molar-refractivity contribution < 1.29 is 65.1 Å². The largest absolute Gasteiger partial charge is 0.478 e. The van der Waals surface area contributed by atoms with Gasteiger partial charge in [-0.05, 0) is 157 Å². The van der Waals surface area contributed by atoms with E-state index in [0.29, 0.717) is 69.3 Å². The molecule has 74 heavy (non-hydrogen) atoms. The van der Waals surface area contributed by atoms with Gasteiger partial charge < -0.3 is 37.3 Å². The molecule has 1 atom stereocenters. The van der Waals surface area contributed by atoms with Crippen LogP contribution >= 0.6 is 12.3 Å². The Labute approximate surface area is 433 Å². The second-order valence-electron chi connectivity index (χ2n) is 16.8. The van der Waals surface area contributed by atoms with Gasteiger partial charge in [0.1, 0.15) is 53.5 Å². The number of aryl methyl sites for hydroxylation is 1. The van der Waals surface area contributed by atoms with Crippen LogP contribution in [-0.4, -0.2) is 26.4 Å². The van der Waals surface area contributed by atoms with Crippen molar-refractivity contribution in [1.82, 2.24) is 0 Å². The van der Waals surface area contributed by atoms with E-state index in [1.807, 2.05) is 73.7 Å². The van der Waals surface area contributed by atoms with Gasteiger partial charge in [0.15, 0.2) is 5.75 Å². The number of aromatic carboxylic acids is 1. The van der Waals surface area contributed by atoms with Gasteiger partial charge in [-0.1, -0.05) is 84.4 Å². The molecule has 0 aromatic heterocycles. The van der Waals surface area contributed by atoms with E-state index < -0.39 is 23.2 Å². The Kier molecular flexibility index (Phi) is 17.5.